The van der Waals surface area contributed by atoms with Crippen molar-refractivity contribution in [2.24, 2.45) is 62.6 Å². The van der Waals surface area contributed by atoms with Crippen LogP contribution in [-0.4, -0.2) is 0 Å². The zero-order chi connectivity index (χ0) is 22.7. The van der Waals surface area contributed by atoms with Gasteiger partial charge in [-0.1, -0.05) is 77.7 Å². The second-order valence-electron chi connectivity index (χ2n) is 14.8. The van der Waals surface area contributed by atoms with E-state index in [1.165, 1.54) is 64.2 Å². The molecule has 10 unspecified atom stereocenters. The van der Waals surface area contributed by atoms with Gasteiger partial charge >= 0.3 is 0 Å². The monoisotopic (exact) mass is 522 g/mol. The molecule has 0 aromatic heterocycles. The summed E-state index contributed by atoms with van der Waals surface area (Å²) in [6, 6.07) is 0. The van der Waals surface area contributed by atoms with Crippen molar-refractivity contribution < 1.29 is 32.7 Å². The van der Waals surface area contributed by atoms with Crippen molar-refractivity contribution in [3.63, 3.8) is 0 Å². The van der Waals surface area contributed by atoms with Crippen LogP contribution in [0.5, 0.6) is 0 Å². The number of hydrogen-bond acceptors (Lipinski definition) is 0. The van der Waals surface area contributed by atoms with E-state index in [1.807, 2.05) is 0 Å². The molecule has 1 heteroatoms. The largest absolute Gasteiger partial charge is 0.323 e. The van der Waals surface area contributed by atoms with Gasteiger partial charge in [0.2, 0.25) is 0 Å². The van der Waals surface area contributed by atoms with Gasteiger partial charge in [0.05, 0.1) is 0 Å². The molecule has 0 spiro atoms. The first-order chi connectivity index (χ1) is 15.0. The number of hydrogen-bond donors (Lipinski definition) is 0. The van der Waals surface area contributed by atoms with Crippen LogP contribution in [0.3, 0.4) is 0 Å². The quantitative estimate of drug-likeness (QED) is 0.238. The van der Waals surface area contributed by atoms with Gasteiger partial charge in [0.25, 0.3) is 0 Å². The molecule has 10 atom stereocenters. The van der Waals surface area contributed by atoms with Crippen LogP contribution < -0.4 is 0 Å². The third-order valence-electron chi connectivity index (χ3n) is 13.7. The molecule has 0 heterocycles. The second kappa shape index (κ2) is 7.79. The predicted octanol–water partition coefficient (Wildman–Crippen LogP) is 9.03. The molecule has 6 saturated carbocycles. The standard InChI is InChI=1S/C32H49.Y/c1-8-12-32-16-10-23-21(2)19-22-20-25-29(5)14-9-13-28(3,4)24(29)11-15-30(25,6)31(7,17-18-32)26(22)27(23)32;/h8,12-13,22-27H,2,9-11,14-20H2,1,3-7H3;/q-1;. The molecule has 6 fully saturated rings. The minimum Gasteiger partial charge on any atom is -0.323 e. The van der Waals surface area contributed by atoms with Crippen LogP contribution in [-0.2, 0) is 32.7 Å². The maximum atomic E-state index is 4.76. The fraction of sp³-hybridized carbons (Fsp3) is 0.844. The van der Waals surface area contributed by atoms with Crippen LogP contribution in [0.2, 0.25) is 0 Å². The topological polar surface area (TPSA) is 0 Å². The number of allylic oxidation sites excluding steroid dienone is 3. The van der Waals surface area contributed by atoms with Crippen molar-refractivity contribution in [3.05, 3.63) is 30.7 Å². The van der Waals surface area contributed by atoms with E-state index in [1.54, 1.807) is 5.57 Å². The van der Waals surface area contributed by atoms with Crippen molar-refractivity contribution in [1.82, 2.24) is 0 Å². The van der Waals surface area contributed by atoms with Crippen molar-refractivity contribution in [1.29, 1.82) is 0 Å². The zero-order valence-electron chi connectivity index (χ0n) is 22.6. The molecule has 0 nitrogen and oxygen atoms in total. The first-order valence-electron chi connectivity index (χ1n) is 14.2. The summed E-state index contributed by atoms with van der Waals surface area (Å²) >= 11 is 0. The van der Waals surface area contributed by atoms with Crippen LogP contribution in [0, 0.1) is 69.0 Å². The summed E-state index contributed by atoms with van der Waals surface area (Å²) < 4.78 is 0. The zero-order valence-corrected chi connectivity index (χ0v) is 25.4. The molecule has 6 aliphatic carbocycles. The molecule has 0 amide bonds. The van der Waals surface area contributed by atoms with Gasteiger partial charge in [-0.2, -0.15) is 11.8 Å². The molecule has 6 rings (SSSR count). The van der Waals surface area contributed by atoms with Gasteiger partial charge in [-0.3, -0.25) is 0 Å². The Morgan fingerprint density at radius 2 is 1.64 bits per heavy atom. The van der Waals surface area contributed by atoms with E-state index in [0.29, 0.717) is 27.1 Å². The molecule has 0 aromatic rings. The van der Waals surface area contributed by atoms with E-state index in [4.69, 9.17) is 6.58 Å². The van der Waals surface area contributed by atoms with Crippen LogP contribution in [0.1, 0.15) is 106 Å². The van der Waals surface area contributed by atoms with E-state index in [-0.39, 0.29) is 32.7 Å². The van der Waals surface area contributed by atoms with Crippen molar-refractivity contribution in [2.45, 2.75) is 106 Å². The Morgan fingerprint density at radius 3 is 2.36 bits per heavy atom. The van der Waals surface area contributed by atoms with Gasteiger partial charge < -0.3 is 6.42 Å². The third-order valence-corrected chi connectivity index (χ3v) is 13.7. The summed E-state index contributed by atoms with van der Waals surface area (Å²) in [5, 5.41) is 0. The Morgan fingerprint density at radius 1 is 0.879 bits per heavy atom. The Hall–Kier alpha value is 0.584. The Labute approximate surface area is 230 Å². The normalized spacial score (nSPS) is 56.5. The average Bonchev–Trinajstić information content (AvgIpc) is 3.09. The van der Waals surface area contributed by atoms with Crippen LogP contribution in [0.25, 0.3) is 0 Å². The molecule has 0 bridgehead atoms. The molecule has 1 radical (unpaired) electrons. The van der Waals surface area contributed by atoms with Crippen LogP contribution in [0.4, 0.5) is 0 Å². The van der Waals surface area contributed by atoms with E-state index in [2.05, 4.69) is 60.1 Å². The van der Waals surface area contributed by atoms with Crippen LogP contribution >= 0.6 is 0 Å². The maximum Gasteiger partial charge on any atom is 0 e. The molecule has 6 aliphatic rings. The van der Waals surface area contributed by atoms with E-state index in [0.717, 1.165) is 35.5 Å². The predicted molar refractivity (Wildman–Crippen MR) is 136 cm³/mol. The molecule has 33 heavy (non-hydrogen) atoms. The molecule has 0 saturated heterocycles. The Balaban J connectivity index is 0.00000228. The fourth-order valence-electron chi connectivity index (χ4n) is 12.4. The summed E-state index contributed by atoms with van der Waals surface area (Å²) in [5.41, 5.74) is 4.08. The van der Waals surface area contributed by atoms with Gasteiger partial charge in [-0.15, -0.1) is 0 Å². The van der Waals surface area contributed by atoms with E-state index < -0.39 is 0 Å². The second-order valence-corrected chi connectivity index (χ2v) is 14.8. The molecular weight excluding hydrogens is 473 g/mol. The fourth-order valence-corrected chi connectivity index (χ4v) is 12.4. The summed E-state index contributed by atoms with van der Waals surface area (Å²) in [4.78, 5) is 0. The summed E-state index contributed by atoms with van der Waals surface area (Å²) in [5.74, 6) is 5.27. The smallest absolute Gasteiger partial charge is 0 e. The van der Waals surface area contributed by atoms with Gasteiger partial charge in [-0.25, -0.2) is 0 Å². The average molecular weight is 523 g/mol. The van der Waals surface area contributed by atoms with E-state index >= 15 is 0 Å². The molecule has 0 aromatic carbocycles. The minimum absolute atomic E-state index is 0. The summed E-state index contributed by atoms with van der Waals surface area (Å²) in [6.07, 6.45) is 22.1. The number of rotatable bonds is 1. The minimum atomic E-state index is 0. The Kier molecular flexibility index (Phi) is 5.96. The van der Waals surface area contributed by atoms with Gasteiger partial charge in [0, 0.05) is 32.7 Å². The molecule has 0 N–H and O–H groups in total. The first kappa shape index (κ1) is 25.2. The third kappa shape index (κ3) is 3.01. The summed E-state index contributed by atoms with van der Waals surface area (Å²) in [7, 11) is 0. The Bertz CT molecular complexity index is 853. The van der Waals surface area contributed by atoms with Crippen molar-refractivity contribution >= 4 is 0 Å². The van der Waals surface area contributed by atoms with E-state index in [9.17, 15) is 0 Å². The molecule has 181 valence electrons. The van der Waals surface area contributed by atoms with Crippen molar-refractivity contribution in [2.75, 3.05) is 0 Å². The van der Waals surface area contributed by atoms with Gasteiger partial charge in [-0.05, 0) is 103 Å². The first-order valence-corrected chi connectivity index (χ1v) is 14.2. The SMILES string of the molecule is C=C1CC2CC3C4(C)CC[CH-]C(C)(C)C4CCC3(C)C3(C)CCC4(C=CC)CCC1C4C23.[Y]. The van der Waals surface area contributed by atoms with Gasteiger partial charge in [0.1, 0.15) is 0 Å². The maximum absolute atomic E-state index is 4.76. The number of fused-ring (bicyclic) bond motifs is 4. The molecule has 0 aliphatic heterocycles. The van der Waals surface area contributed by atoms with Crippen molar-refractivity contribution in [3.8, 4) is 0 Å². The van der Waals surface area contributed by atoms with Crippen LogP contribution in [0.15, 0.2) is 24.3 Å². The van der Waals surface area contributed by atoms with Gasteiger partial charge in [0.15, 0.2) is 0 Å². The summed E-state index contributed by atoms with van der Waals surface area (Å²) in [6.45, 7) is 20.5. The molecular formula is C32H49Y-.